The quantitative estimate of drug-likeness (QED) is 0.0375. The van der Waals surface area contributed by atoms with Gasteiger partial charge in [-0.3, -0.25) is 4.79 Å². The maximum absolute atomic E-state index is 14.3. The summed E-state index contributed by atoms with van der Waals surface area (Å²) in [7, 11) is 0. The molecule has 0 aromatic heterocycles. The van der Waals surface area contributed by atoms with E-state index in [1.807, 2.05) is 20.8 Å². The van der Waals surface area contributed by atoms with Crippen molar-refractivity contribution >= 4 is 12.1 Å². The highest BCUT2D eigenvalue weighted by Crippen LogP contribution is 2.34. The monoisotopic (exact) mass is 934 g/mol. The largest absolute Gasteiger partial charge is 0.465 e. The Labute approximate surface area is 417 Å². The summed E-state index contributed by atoms with van der Waals surface area (Å²) in [6, 6.07) is 0. The highest BCUT2D eigenvalue weighted by molar-refractivity contribution is 5.78. The highest BCUT2D eigenvalue weighted by atomic mass is 16.6. The molecule has 5 heteroatoms. The van der Waals surface area contributed by atoms with Crippen LogP contribution in [0.15, 0.2) is 72.9 Å². The molecule has 0 spiro atoms. The van der Waals surface area contributed by atoms with Gasteiger partial charge in [0, 0.05) is 6.54 Å². The van der Waals surface area contributed by atoms with Gasteiger partial charge in [-0.25, -0.2) is 4.79 Å². The Kier molecular flexibility index (Phi) is 47.5. The zero-order valence-electron chi connectivity index (χ0n) is 45.3. The molecule has 1 atom stereocenters. The van der Waals surface area contributed by atoms with Crippen molar-refractivity contribution in [3.05, 3.63) is 72.9 Å². The van der Waals surface area contributed by atoms with Crippen LogP contribution in [0.3, 0.4) is 0 Å². The van der Waals surface area contributed by atoms with Crippen LogP contribution in [0.1, 0.15) is 286 Å². The fraction of sp³-hybridized carbons (Fsp3) is 0.774. The number of unbranched alkanes of at least 4 members (excludes halogenated alkanes) is 27. The van der Waals surface area contributed by atoms with E-state index >= 15 is 0 Å². The van der Waals surface area contributed by atoms with E-state index in [0.717, 1.165) is 89.9 Å². The Hall–Kier alpha value is -2.82. The standard InChI is InChI=1S/C62H111NO4/c1-7-10-13-16-19-22-25-28-31-34-37-40-43-46-49-52-55-62(58-63-60(65)67-61(4,5)6,56-53-50-47-44-41-38-35-32-29-26-23-20-17-14-11-8-2)59(64)66-57-54-51-48-45-42-39-36-33-30-27-24-21-18-15-12-9-3/h19-24,28-33H,7-18,25-27,34-58H2,1-6H3,(H,63,65)/b22-19-,23-20+,24-21-,31-28-,32-29+,33-30-. The van der Waals surface area contributed by atoms with Gasteiger partial charge in [-0.15, -0.1) is 0 Å². The number of allylic oxidation sites excluding steroid dienone is 12. The van der Waals surface area contributed by atoms with Gasteiger partial charge in [0.05, 0.1) is 12.0 Å². The lowest BCUT2D eigenvalue weighted by Gasteiger charge is -2.32. The van der Waals surface area contributed by atoms with Gasteiger partial charge < -0.3 is 14.8 Å². The second kappa shape index (κ2) is 49.6. The number of alkyl carbamates (subject to hydrolysis) is 1. The van der Waals surface area contributed by atoms with Crippen LogP contribution in [0.4, 0.5) is 4.79 Å². The van der Waals surface area contributed by atoms with Crippen molar-refractivity contribution in [2.24, 2.45) is 5.41 Å². The summed E-state index contributed by atoms with van der Waals surface area (Å²) in [5.41, 5.74) is -1.34. The third-order valence-electron chi connectivity index (χ3n) is 12.7. The van der Waals surface area contributed by atoms with Crippen LogP contribution in [0.5, 0.6) is 0 Å². The van der Waals surface area contributed by atoms with E-state index < -0.39 is 17.1 Å². The number of hydrogen-bond donors (Lipinski definition) is 1. The number of ether oxygens (including phenoxy) is 2. The van der Waals surface area contributed by atoms with E-state index in [2.05, 4.69) is 99.0 Å². The number of amides is 1. The first-order valence-corrected chi connectivity index (χ1v) is 28.7. The first-order chi connectivity index (χ1) is 32.7. The summed E-state index contributed by atoms with van der Waals surface area (Å²) >= 11 is 0. The average molecular weight is 935 g/mol. The van der Waals surface area contributed by atoms with E-state index in [0.29, 0.717) is 6.61 Å². The van der Waals surface area contributed by atoms with Crippen molar-refractivity contribution in [2.75, 3.05) is 13.2 Å². The van der Waals surface area contributed by atoms with Crippen molar-refractivity contribution in [1.29, 1.82) is 0 Å². The van der Waals surface area contributed by atoms with Gasteiger partial charge in [0.1, 0.15) is 5.60 Å². The molecular weight excluding hydrogens is 823 g/mol. The molecule has 0 bridgehead atoms. The predicted octanol–water partition coefficient (Wildman–Crippen LogP) is 20.3. The van der Waals surface area contributed by atoms with E-state index in [1.54, 1.807) is 0 Å². The zero-order valence-corrected chi connectivity index (χ0v) is 45.3. The molecule has 0 aromatic rings. The van der Waals surface area contributed by atoms with Crippen molar-refractivity contribution in [3.8, 4) is 0 Å². The van der Waals surface area contributed by atoms with Crippen LogP contribution in [0.25, 0.3) is 0 Å². The fourth-order valence-corrected chi connectivity index (χ4v) is 8.45. The van der Waals surface area contributed by atoms with E-state index in [1.165, 1.54) is 154 Å². The molecule has 1 N–H and O–H groups in total. The summed E-state index contributed by atoms with van der Waals surface area (Å²) in [5, 5.41) is 3.04. The van der Waals surface area contributed by atoms with E-state index in [-0.39, 0.29) is 12.5 Å². The van der Waals surface area contributed by atoms with Crippen LogP contribution in [0, 0.1) is 5.41 Å². The minimum atomic E-state index is -0.736. The first-order valence-electron chi connectivity index (χ1n) is 28.7. The molecule has 0 rings (SSSR count). The van der Waals surface area contributed by atoms with Crippen molar-refractivity contribution in [1.82, 2.24) is 5.32 Å². The zero-order chi connectivity index (χ0) is 49.0. The van der Waals surface area contributed by atoms with Gasteiger partial charge in [-0.1, -0.05) is 222 Å². The van der Waals surface area contributed by atoms with Crippen molar-refractivity contribution in [2.45, 2.75) is 291 Å². The molecule has 0 radical (unpaired) electrons. The maximum atomic E-state index is 14.3. The third-order valence-corrected chi connectivity index (χ3v) is 12.7. The Balaban J connectivity index is 5.15. The first kappa shape index (κ1) is 64.2. The van der Waals surface area contributed by atoms with Gasteiger partial charge in [0.15, 0.2) is 0 Å². The predicted molar refractivity (Wildman–Crippen MR) is 295 cm³/mol. The summed E-state index contributed by atoms with van der Waals surface area (Å²) in [6.45, 7) is 13.1. The third kappa shape index (κ3) is 46.7. The molecule has 67 heavy (non-hydrogen) atoms. The number of rotatable bonds is 48. The highest BCUT2D eigenvalue weighted by Gasteiger charge is 2.40. The maximum Gasteiger partial charge on any atom is 0.407 e. The summed E-state index contributed by atoms with van der Waals surface area (Å²) in [4.78, 5) is 27.3. The summed E-state index contributed by atoms with van der Waals surface area (Å²) in [6.07, 6.45) is 71.6. The van der Waals surface area contributed by atoms with Crippen molar-refractivity contribution < 1.29 is 19.1 Å². The Morgan fingerprint density at radius 2 is 0.687 bits per heavy atom. The Morgan fingerprint density at radius 3 is 1.01 bits per heavy atom. The van der Waals surface area contributed by atoms with Crippen LogP contribution in [-0.2, 0) is 14.3 Å². The van der Waals surface area contributed by atoms with Crippen molar-refractivity contribution in [3.63, 3.8) is 0 Å². The number of carbonyl (C=O) groups is 2. The Morgan fingerprint density at radius 1 is 0.388 bits per heavy atom. The second-order valence-electron chi connectivity index (χ2n) is 20.5. The molecule has 0 aliphatic heterocycles. The minimum Gasteiger partial charge on any atom is -0.465 e. The number of carbonyl (C=O) groups excluding carboxylic acids is 2. The fourth-order valence-electron chi connectivity index (χ4n) is 8.45. The smallest absolute Gasteiger partial charge is 0.407 e. The Bertz CT molecular complexity index is 1220. The lowest BCUT2D eigenvalue weighted by molar-refractivity contribution is -0.157. The normalized spacial score (nSPS) is 13.4. The number of hydrogen-bond acceptors (Lipinski definition) is 4. The molecule has 0 aromatic carbocycles. The van der Waals surface area contributed by atoms with Gasteiger partial charge in [0.2, 0.25) is 0 Å². The second-order valence-corrected chi connectivity index (χ2v) is 20.5. The van der Waals surface area contributed by atoms with Gasteiger partial charge >= 0.3 is 12.1 Å². The molecule has 0 aliphatic rings. The summed E-state index contributed by atoms with van der Waals surface area (Å²) in [5.74, 6) is -0.128. The molecule has 0 fully saturated rings. The van der Waals surface area contributed by atoms with Gasteiger partial charge in [-0.2, -0.15) is 0 Å². The lowest BCUT2D eigenvalue weighted by Crippen LogP contribution is -2.45. The molecule has 0 saturated carbocycles. The summed E-state index contributed by atoms with van der Waals surface area (Å²) < 4.78 is 11.8. The minimum absolute atomic E-state index is 0.128. The molecular formula is C62H111NO4. The molecule has 1 amide bonds. The van der Waals surface area contributed by atoms with E-state index in [4.69, 9.17) is 9.47 Å². The molecule has 5 nitrogen and oxygen atoms in total. The molecule has 1 unspecified atom stereocenters. The van der Waals surface area contributed by atoms with E-state index in [9.17, 15) is 9.59 Å². The molecule has 388 valence electrons. The topological polar surface area (TPSA) is 64.6 Å². The van der Waals surface area contributed by atoms with Crippen LogP contribution in [-0.4, -0.2) is 30.8 Å². The number of nitrogens with one attached hydrogen (secondary N) is 1. The van der Waals surface area contributed by atoms with Gasteiger partial charge in [0.25, 0.3) is 0 Å². The lowest BCUT2D eigenvalue weighted by atomic mass is 9.77. The average Bonchev–Trinajstić information content (AvgIpc) is 3.30. The van der Waals surface area contributed by atoms with Crippen LogP contribution >= 0.6 is 0 Å². The molecule has 0 heterocycles. The molecule has 0 aliphatic carbocycles. The van der Waals surface area contributed by atoms with Crippen LogP contribution in [0.2, 0.25) is 0 Å². The molecule has 0 saturated heterocycles. The van der Waals surface area contributed by atoms with Crippen LogP contribution < -0.4 is 5.32 Å². The van der Waals surface area contributed by atoms with Gasteiger partial charge in [-0.05, 0) is 136 Å². The SMILES string of the molecule is CCCCC/C=C\C/C=C\CCCCCCCCOC(=O)C(CCCCCCCC/C=C\C/C=C\CCCCC)(CCCCCCCC/C=C/C/C=C/CCCCC)CNC(=O)OC(C)(C)C. The number of esters is 1.